The maximum atomic E-state index is 4.73. The summed E-state index contributed by atoms with van der Waals surface area (Å²) in [7, 11) is 0. The largest absolute Gasteiger partial charge is 0.308 e. The summed E-state index contributed by atoms with van der Waals surface area (Å²) in [5, 5.41) is 7.46. The molecule has 1 saturated heterocycles. The summed E-state index contributed by atoms with van der Waals surface area (Å²) in [5.41, 5.74) is 2.13. The third-order valence-corrected chi connectivity index (χ3v) is 6.89. The normalized spacial score (nSPS) is 27.9. The number of piperazine rings is 1. The monoisotopic (exact) mass is 305 g/mol. The fourth-order valence-corrected chi connectivity index (χ4v) is 5.47. The maximum absolute atomic E-state index is 4.73. The Morgan fingerprint density at radius 2 is 1.90 bits per heavy atom. The predicted octanol–water partition coefficient (Wildman–Crippen LogP) is 3.48. The van der Waals surface area contributed by atoms with Crippen molar-refractivity contribution < 1.29 is 0 Å². The summed E-state index contributed by atoms with van der Waals surface area (Å²) >= 11 is 1.79. The van der Waals surface area contributed by atoms with Crippen molar-refractivity contribution in [3.63, 3.8) is 0 Å². The lowest BCUT2D eigenvalue weighted by Crippen LogP contribution is -2.68. The van der Waals surface area contributed by atoms with Crippen molar-refractivity contribution in [2.75, 3.05) is 13.1 Å². The molecule has 0 aromatic carbocycles. The van der Waals surface area contributed by atoms with Gasteiger partial charge in [0.25, 0.3) is 0 Å². The van der Waals surface area contributed by atoms with Crippen LogP contribution in [0.1, 0.15) is 62.1 Å². The highest BCUT2D eigenvalue weighted by Crippen LogP contribution is 2.43. The van der Waals surface area contributed by atoms with Crippen molar-refractivity contribution in [3.05, 3.63) is 16.1 Å². The van der Waals surface area contributed by atoms with Gasteiger partial charge in [-0.1, -0.05) is 25.7 Å². The predicted molar refractivity (Wildman–Crippen MR) is 87.7 cm³/mol. The molecule has 2 heterocycles. The van der Waals surface area contributed by atoms with Crippen LogP contribution in [-0.2, 0) is 6.54 Å². The molecule has 2 saturated carbocycles. The standard InChI is InChI=1S/C17H27N3S/c1-14-19-15(11-21-14)10-20-13-16(6-2-3-7-16)18-12-17(20)8-4-5-9-17/h11,18H,2-10,12-13H2,1H3. The van der Waals surface area contributed by atoms with Gasteiger partial charge in [-0.05, 0) is 32.6 Å². The number of hydrogen-bond acceptors (Lipinski definition) is 4. The van der Waals surface area contributed by atoms with Crippen LogP contribution in [0.5, 0.6) is 0 Å². The number of nitrogens with zero attached hydrogens (tertiary/aromatic N) is 2. The third-order valence-electron chi connectivity index (χ3n) is 6.07. The molecule has 1 aromatic rings. The zero-order valence-electron chi connectivity index (χ0n) is 13.2. The average molecular weight is 305 g/mol. The Morgan fingerprint density at radius 3 is 2.57 bits per heavy atom. The Kier molecular flexibility index (Phi) is 3.59. The van der Waals surface area contributed by atoms with Crippen LogP contribution >= 0.6 is 11.3 Å². The van der Waals surface area contributed by atoms with Gasteiger partial charge < -0.3 is 5.32 Å². The Morgan fingerprint density at radius 1 is 1.19 bits per heavy atom. The van der Waals surface area contributed by atoms with Gasteiger partial charge in [0.05, 0.1) is 10.7 Å². The molecule has 3 fully saturated rings. The molecule has 0 unspecified atom stereocenters. The number of hydrogen-bond donors (Lipinski definition) is 1. The number of thiazole rings is 1. The summed E-state index contributed by atoms with van der Waals surface area (Å²) in [6, 6.07) is 0. The van der Waals surface area contributed by atoms with E-state index >= 15 is 0 Å². The topological polar surface area (TPSA) is 28.2 Å². The van der Waals surface area contributed by atoms with E-state index in [4.69, 9.17) is 4.98 Å². The quantitative estimate of drug-likeness (QED) is 0.906. The molecule has 1 aliphatic heterocycles. The van der Waals surface area contributed by atoms with Crippen LogP contribution in [0.2, 0.25) is 0 Å². The zero-order chi connectivity index (χ0) is 14.3. The minimum absolute atomic E-state index is 0.416. The van der Waals surface area contributed by atoms with Gasteiger partial charge >= 0.3 is 0 Å². The lowest BCUT2D eigenvalue weighted by Gasteiger charge is -2.52. The first-order valence-electron chi connectivity index (χ1n) is 8.61. The summed E-state index contributed by atoms with van der Waals surface area (Å²) in [6.45, 7) is 5.63. The molecule has 2 aliphatic carbocycles. The van der Waals surface area contributed by atoms with E-state index in [1.807, 2.05) is 0 Å². The Bertz CT molecular complexity index is 498. The van der Waals surface area contributed by atoms with Crippen LogP contribution in [-0.4, -0.2) is 34.1 Å². The molecule has 116 valence electrons. The molecule has 0 atom stereocenters. The van der Waals surface area contributed by atoms with Gasteiger partial charge in [0.1, 0.15) is 0 Å². The highest BCUT2D eigenvalue weighted by atomic mass is 32.1. The van der Waals surface area contributed by atoms with E-state index < -0.39 is 0 Å². The fraction of sp³-hybridized carbons (Fsp3) is 0.824. The summed E-state index contributed by atoms with van der Waals surface area (Å²) in [5.74, 6) is 0. The van der Waals surface area contributed by atoms with Crippen molar-refractivity contribution in [1.82, 2.24) is 15.2 Å². The number of aromatic nitrogens is 1. The van der Waals surface area contributed by atoms with Crippen LogP contribution in [0.3, 0.4) is 0 Å². The van der Waals surface area contributed by atoms with Gasteiger partial charge in [-0.3, -0.25) is 4.90 Å². The highest BCUT2D eigenvalue weighted by Gasteiger charge is 2.49. The van der Waals surface area contributed by atoms with Crippen LogP contribution in [0.4, 0.5) is 0 Å². The highest BCUT2D eigenvalue weighted by molar-refractivity contribution is 7.09. The van der Waals surface area contributed by atoms with Gasteiger partial charge in [-0.2, -0.15) is 0 Å². The first kappa shape index (κ1) is 14.2. The number of nitrogens with one attached hydrogen (secondary N) is 1. The second-order valence-corrected chi connectivity index (χ2v) is 8.55. The Balaban J connectivity index is 1.57. The molecule has 0 bridgehead atoms. The molecule has 3 nitrogen and oxygen atoms in total. The average Bonchev–Trinajstić information content (AvgIpc) is 3.18. The maximum Gasteiger partial charge on any atom is 0.0897 e. The molecular formula is C17H27N3S. The number of rotatable bonds is 2. The second-order valence-electron chi connectivity index (χ2n) is 7.49. The van der Waals surface area contributed by atoms with Crippen LogP contribution in [0.25, 0.3) is 0 Å². The minimum atomic E-state index is 0.416. The second kappa shape index (κ2) is 5.32. The van der Waals surface area contributed by atoms with Gasteiger partial charge in [-0.25, -0.2) is 4.98 Å². The van der Waals surface area contributed by atoms with E-state index in [0.717, 1.165) is 6.54 Å². The fourth-order valence-electron chi connectivity index (χ4n) is 4.87. The van der Waals surface area contributed by atoms with Crippen molar-refractivity contribution in [2.45, 2.75) is 75.9 Å². The summed E-state index contributed by atoms with van der Waals surface area (Å²) < 4.78 is 0. The van der Waals surface area contributed by atoms with Gasteiger partial charge in [0.15, 0.2) is 0 Å². The molecule has 4 heteroatoms. The molecule has 1 aromatic heterocycles. The van der Waals surface area contributed by atoms with E-state index in [9.17, 15) is 0 Å². The van der Waals surface area contributed by atoms with Crippen LogP contribution in [0, 0.1) is 6.92 Å². The zero-order valence-corrected chi connectivity index (χ0v) is 14.0. The van der Waals surface area contributed by atoms with E-state index in [2.05, 4.69) is 22.5 Å². The van der Waals surface area contributed by atoms with Crippen LogP contribution < -0.4 is 5.32 Å². The van der Waals surface area contributed by atoms with Gasteiger partial charge in [-0.15, -0.1) is 11.3 Å². The van der Waals surface area contributed by atoms with Crippen LogP contribution in [0.15, 0.2) is 5.38 Å². The molecule has 21 heavy (non-hydrogen) atoms. The Labute approximate surface area is 132 Å². The van der Waals surface area contributed by atoms with E-state index in [1.165, 1.54) is 75.2 Å². The molecule has 2 spiro atoms. The van der Waals surface area contributed by atoms with Crippen molar-refractivity contribution in [3.8, 4) is 0 Å². The Hall–Kier alpha value is -0.450. The SMILES string of the molecule is Cc1nc(CN2CC3(CCCC3)NCC23CCCC3)cs1. The van der Waals surface area contributed by atoms with E-state index in [1.54, 1.807) is 11.3 Å². The lowest BCUT2D eigenvalue weighted by molar-refractivity contribution is 0.00200. The van der Waals surface area contributed by atoms with Crippen molar-refractivity contribution in [2.24, 2.45) is 0 Å². The molecule has 0 amide bonds. The molecule has 1 N–H and O–H groups in total. The summed E-state index contributed by atoms with van der Waals surface area (Å²) in [6.07, 6.45) is 11.1. The van der Waals surface area contributed by atoms with Gasteiger partial charge in [0.2, 0.25) is 0 Å². The first-order valence-corrected chi connectivity index (χ1v) is 9.49. The first-order chi connectivity index (χ1) is 10.2. The summed E-state index contributed by atoms with van der Waals surface area (Å²) in [4.78, 5) is 7.55. The van der Waals surface area contributed by atoms with E-state index in [0.29, 0.717) is 11.1 Å². The molecule has 3 aliphatic rings. The van der Waals surface area contributed by atoms with Crippen molar-refractivity contribution >= 4 is 11.3 Å². The molecule has 0 radical (unpaired) electrons. The smallest absolute Gasteiger partial charge is 0.0897 e. The minimum Gasteiger partial charge on any atom is -0.308 e. The number of aryl methyl sites for hydroxylation is 1. The van der Waals surface area contributed by atoms with Crippen molar-refractivity contribution in [1.29, 1.82) is 0 Å². The van der Waals surface area contributed by atoms with Gasteiger partial charge in [0, 0.05) is 36.1 Å². The molecule has 4 rings (SSSR count). The molecular weight excluding hydrogens is 278 g/mol. The third kappa shape index (κ3) is 2.55. The van der Waals surface area contributed by atoms with E-state index in [-0.39, 0.29) is 0 Å². The lowest BCUT2D eigenvalue weighted by atomic mass is 9.84.